The number of phenolic OH excluding ortho intramolecular Hbond substituents is 1. The van der Waals surface area contributed by atoms with Crippen molar-refractivity contribution in [1.29, 1.82) is 0 Å². The Bertz CT molecular complexity index is 1160. The van der Waals surface area contributed by atoms with Crippen molar-refractivity contribution in [2.75, 3.05) is 6.61 Å². The summed E-state index contributed by atoms with van der Waals surface area (Å²) in [5.74, 6) is 1.03. The molecule has 1 saturated heterocycles. The van der Waals surface area contributed by atoms with E-state index in [4.69, 9.17) is 9.47 Å². The fourth-order valence-electron chi connectivity index (χ4n) is 4.10. The van der Waals surface area contributed by atoms with Crippen LogP contribution in [0.3, 0.4) is 0 Å². The van der Waals surface area contributed by atoms with E-state index in [-0.39, 0.29) is 28.9 Å². The number of carbonyl (C=O) groups is 2. The molecule has 0 spiro atoms. The standard InChI is InChI=1S/C25H28N2O6S/c1-24(2,3)17-11-20-16(10-19(17)28)18(27-31)12-25(4,33-20)13-32-15-7-5-14(6-8-15)9-21-22(29)26-23(30)34-21/h5-8,10-11,21,28,31H,9,12-13H2,1-4H3,(H,26,29,30)/b27-18+. The van der Waals surface area contributed by atoms with Crippen molar-refractivity contribution in [1.82, 2.24) is 5.32 Å². The molecule has 0 radical (unpaired) electrons. The van der Waals surface area contributed by atoms with Gasteiger partial charge in [-0.05, 0) is 48.6 Å². The van der Waals surface area contributed by atoms with Crippen LogP contribution in [0.5, 0.6) is 17.2 Å². The molecule has 2 heterocycles. The largest absolute Gasteiger partial charge is 0.508 e. The first kappa shape index (κ1) is 23.9. The molecule has 0 aliphatic carbocycles. The van der Waals surface area contributed by atoms with Crippen LogP contribution in [0.1, 0.15) is 50.8 Å². The second kappa shape index (κ2) is 8.87. The van der Waals surface area contributed by atoms with Gasteiger partial charge in [-0.1, -0.05) is 49.8 Å². The van der Waals surface area contributed by atoms with E-state index in [1.54, 1.807) is 12.1 Å². The van der Waals surface area contributed by atoms with Crippen molar-refractivity contribution in [2.24, 2.45) is 5.16 Å². The molecule has 34 heavy (non-hydrogen) atoms. The van der Waals surface area contributed by atoms with Gasteiger partial charge in [-0.3, -0.25) is 14.9 Å². The van der Waals surface area contributed by atoms with Gasteiger partial charge in [0.2, 0.25) is 5.91 Å². The Hall–Kier alpha value is -3.20. The summed E-state index contributed by atoms with van der Waals surface area (Å²) in [5, 5.41) is 25.1. The normalized spacial score (nSPS) is 23.4. The molecule has 2 aromatic rings. The number of hydrogen-bond acceptors (Lipinski definition) is 8. The van der Waals surface area contributed by atoms with Crippen LogP contribution >= 0.6 is 11.8 Å². The maximum Gasteiger partial charge on any atom is 0.286 e. The van der Waals surface area contributed by atoms with Crippen molar-refractivity contribution in [2.45, 2.75) is 56.8 Å². The monoisotopic (exact) mass is 484 g/mol. The van der Waals surface area contributed by atoms with Gasteiger partial charge in [0.25, 0.3) is 5.24 Å². The van der Waals surface area contributed by atoms with Crippen LogP contribution in [-0.4, -0.2) is 44.6 Å². The maximum absolute atomic E-state index is 11.8. The number of benzene rings is 2. The molecule has 0 bridgehead atoms. The minimum absolute atomic E-state index is 0.133. The summed E-state index contributed by atoms with van der Waals surface area (Å²) in [7, 11) is 0. The molecule has 180 valence electrons. The van der Waals surface area contributed by atoms with Gasteiger partial charge in [-0.25, -0.2) is 0 Å². The summed E-state index contributed by atoms with van der Waals surface area (Å²) in [6.07, 6.45) is 0.754. The lowest BCUT2D eigenvalue weighted by Gasteiger charge is -2.36. The SMILES string of the molecule is CC1(COc2ccc(CC3SC(=O)NC3=O)cc2)C/C(=N\O)c2cc(O)c(C(C)(C)C)cc2O1. The summed E-state index contributed by atoms with van der Waals surface area (Å²) in [6, 6.07) is 10.7. The van der Waals surface area contributed by atoms with Crippen molar-refractivity contribution in [3.05, 3.63) is 53.1 Å². The van der Waals surface area contributed by atoms with Crippen molar-refractivity contribution in [3.63, 3.8) is 0 Å². The quantitative estimate of drug-likeness (QED) is 0.426. The number of rotatable bonds is 5. The van der Waals surface area contributed by atoms with Crippen molar-refractivity contribution >= 4 is 28.6 Å². The highest BCUT2D eigenvalue weighted by molar-refractivity contribution is 8.15. The summed E-state index contributed by atoms with van der Waals surface area (Å²) in [4.78, 5) is 23.1. The van der Waals surface area contributed by atoms with Gasteiger partial charge in [0.15, 0.2) is 0 Å². The third kappa shape index (κ3) is 4.99. The lowest BCUT2D eigenvalue weighted by molar-refractivity contribution is -0.118. The molecular formula is C25H28N2O6S. The third-order valence-electron chi connectivity index (χ3n) is 5.89. The van der Waals surface area contributed by atoms with Crippen LogP contribution in [-0.2, 0) is 16.6 Å². The van der Waals surface area contributed by atoms with E-state index in [0.29, 0.717) is 35.6 Å². The van der Waals surface area contributed by atoms with E-state index in [2.05, 4.69) is 10.5 Å². The number of fused-ring (bicyclic) bond motifs is 1. The topological polar surface area (TPSA) is 117 Å². The molecular weight excluding hydrogens is 456 g/mol. The van der Waals surface area contributed by atoms with E-state index in [1.165, 1.54) is 0 Å². The highest BCUT2D eigenvalue weighted by Crippen LogP contribution is 2.41. The molecule has 9 heteroatoms. The Balaban J connectivity index is 1.46. The number of hydrogen-bond donors (Lipinski definition) is 3. The van der Waals surface area contributed by atoms with Gasteiger partial charge in [0.1, 0.15) is 29.5 Å². The summed E-state index contributed by atoms with van der Waals surface area (Å²) >= 11 is 1.01. The number of phenols is 1. The van der Waals surface area contributed by atoms with E-state index in [9.17, 15) is 19.9 Å². The number of nitrogens with one attached hydrogen (secondary N) is 1. The van der Waals surface area contributed by atoms with Gasteiger partial charge < -0.3 is 19.8 Å². The first-order valence-electron chi connectivity index (χ1n) is 11.0. The number of thioether (sulfide) groups is 1. The molecule has 2 aliphatic heterocycles. The molecule has 2 aromatic carbocycles. The van der Waals surface area contributed by atoms with Gasteiger partial charge in [-0.15, -0.1) is 0 Å². The zero-order chi connectivity index (χ0) is 24.7. The molecule has 1 fully saturated rings. The average Bonchev–Trinajstić information content (AvgIpc) is 3.08. The Kier molecular flexibility index (Phi) is 6.24. The molecule has 2 atom stereocenters. The molecule has 2 aliphatic rings. The van der Waals surface area contributed by atoms with Crippen LogP contribution < -0.4 is 14.8 Å². The van der Waals surface area contributed by atoms with Crippen molar-refractivity contribution in [3.8, 4) is 17.2 Å². The maximum atomic E-state index is 11.8. The number of carbonyl (C=O) groups excluding carboxylic acids is 2. The van der Waals surface area contributed by atoms with Gasteiger partial charge >= 0.3 is 0 Å². The van der Waals surface area contributed by atoms with Crippen LogP contribution in [0.2, 0.25) is 0 Å². The van der Waals surface area contributed by atoms with E-state index in [0.717, 1.165) is 22.9 Å². The van der Waals surface area contributed by atoms with E-state index in [1.807, 2.05) is 52.0 Å². The molecule has 3 N–H and O–H groups in total. The third-order valence-corrected chi connectivity index (χ3v) is 6.87. The highest BCUT2D eigenvalue weighted by atomic mass is 32.2. The Morgan fingerprint density at radius 2 is 1.94 bits per heavy atom. The summed E-state index contributed by atoms with van der Waals surface area (Å²) in [5.41, 5.74) is 1.55. The van der Waals surface area contributed by atoms with Crippen LogP contribution in [0, 0.1) is 0 Å². The van der Waals surface area contributed by atoms with E-state index >= 15 is 0 Å². The summed E-state index contributed by atoms with van der Waals surface area (Å²) in [6.45, 7) is 8.08. The number of aromatic hydroxyl groups is 1. The molecule has 8 nitrogen and oxygen atoms in total. The zero-order valence-electron chi connectivity index (χ0n) is 19.5. The Morgan fingerprint density at radius 1 is 1.24 bits per heavy atom. The molecule has 4 rings (SSSR count). The zero-order valence-corrected chi connectivity index (χ0v) is 20.4. The number of imide groups is 1. The predicted octanol–water partition coefficient (Wildman–Crippen LogP) is 4.38. The first-order valence-corrected chi connectivity index (χ1v) is 11.9. The molecule has 0 aromatic heterocycles. The highest BCUT2D eigenvalue weighted by Gasteiger charge is 2.38. The minimum Gasteiger partial charge on any atom is -0.508 e. The smallest absolute Gasteiger partial charge is 0.286 e. The first-order chi connectivity index (χ1) is 16.0. The van der Waals surface area contributed by atoms with Crippen LogP contribution in [0.15, 0.2) is 41.6 Å². The fraction of sp³-hybridized carbons (Fsp3) is 0.400. The Labute approximate surface area is 202 Å². The van der Waals surface area contributed by atoms with Gasteiger partial charge in [-0.2, -0.15) is 0 Å². The fourth-order valence-corrected chi connectivity index (χ4v) is 4.96. The molecule has 2 amide bonds. The lowest BCUT2D eigenvalue weighted by atomic mass is 9.83. The number of ether oxygens (including phenoxy) is 2. The van der Waals surface area contributed by atoms with Crippen molar-refractivity contribution < 1.29 is 29.4 Å². The number of nitrogens with zero attached hydrogens (tertiary/aromatic N) is 1. The lowest BCUT2D eigenvalue weighted by Crippen LogP contribution is -2.44. The molecule has 2 unspecified atom stereocenters. The second-order valence-electron chi connectivity index (χ2n) is 9.91. The van der Waals surface area contributed by atoms with Gasteiger partial charge in [0.05, 0.1) is 11.0 Å². The average molecular weight is 485 g/mol. The van der Waals surface area contributed by atoms with E-state index < -0.39 is 10.9 Å². The van der Waals surface area contributed by atoms with Crippen LogP contribution in [0.4, 0.5) is 4.79 Å². The number of amides is 2. The Morgan fingerprint density at radius 3 is 2.53 bits per heavy atom. The second-order valence-corrected chi connectivity index (χ2v) is 11.1. The molecule has 0 saturated carbocycles. The minimum atomic E-state index is -0.793. The van der Waals surface area contributed by atoms with Gasteiger partial charge in [0, 0.05) is 17.5 Å². The predicted molar refractivity (Wildman–Crippen MR) is 129 cm³/mol. The number of oxime groups is 1. The summed E-state index contributed by atoms with van der Waals surface area (Å²) < 4.78 is 12.3. The van der Waals surface area contributed by atoms with Crippen LogP contribution in [0.25, 0.3) is 0 Å².